The topological polar surface area (TPSA) is 0 Å². The van der Waals surface area contributed by atoms with E-state index >= 15 is 0 Å². The fourth-order valence-electron chi connectivity index (χ4n) is 0.818. The molecule has 0 radical (unpaired) electrons. The molecule has 1 aliphatic rings. The summed E-state index contributed by atoms with van der Waals surface area (Å²) in [5, 5.41) is 0. The van der Waals surface area contributed by atoms with Gasteiger partial charge in [-0.05, 0) is 0 Å². The molecule has 0 aromatic heterocycles. The van der Waals surface area contributed by atoms with Crippen molar-refractivity contribution in [3.05, 3.63) is 46.1 Å². The molecule has 1 heteroatoms. The molecular weight excluding hydrogens is 327 g/mol. The van der Waals surface area contributed by atoms with Crippen LogP contribution >= 0.6 is 0 Å². The van der Waals surface area contributed by atoms with Crippen molar-refractivity contribution in [1.29, 1.82) is 0 Å². The summed E-state index contributed by atoms with van der Waals surface area (Å²) >= 11 is 0. The predicted molar refractivity (Wildman–Crippen MR) is 54.6 cm³/mol. The zero-order valence-electron chi connectivity index (χ0n) is 8.76. The smallest absolute Gasteiger partial charge is 0.358 e. The van der Waals surface area contributed by atoms with E-state index in [-0.39, 0.29) is 43.3 Å². The van der Waals surface area contributed by atoms with Crippen LogP contribution in [0.4, 0.5) is 0 Å². The SMILES string of the molecule is CC(C)C1=[C-]CC=C1.[CH3-].[CH3-].[CH3-].[Pt+4]. The van der Waals surface area contributed by atoms with Crippen molar-refractivity contribution < 1.29 is 21.1 Å². The van der Waals surface area contributed by atoms with Gasteiger partial charge < -0.3 is 22.3 Å². The third-order valence-electron chi connectivity index (χ3n) is 1.34. The Balaban J connectivity index is -0.0000000800. The molecule has 1 rings (SSSR count). The first-order valence-corrected chi connectivity index (χ1v) is 3.08. The Bertz CT molecular complexity index is 132. The molecule has 0 bridgehead atoms. The summed E-state index contributed by atoms with van der Waals surface area (Å²) in [5.74, 6) is 0.661. The zero-order valence-corrected chi connectivity index (χ0v) is 11.0. The van der Waals surface area contributed by atoms with Crippen molar-refractivity contribution >= 4 is 0 Å². The number of rotatable bonds is 1. The van der Waals surface area contributed by atoms with E-state index in [1.54, 1.807) is 0 Å². The van der Waals surface area contributed by atoms with Crippen LogP contribution in [0.1, 0.15) is 20.3 Å². The number of hydrogen-bond donors (Lipinski definition) is 0. The average Bonchev–Trinajstić information content (AvgIpc) is 2.12. The summed E-state index contributed by atoms with van der Waals surface area (Å²) < 4.78 is 0. The quantitative estimate of drug-likeness (QED) is 0.635. The van der Waals surface area contributed by atoms with E-state index < -0.39 is 0 Å². The van der Waals surface area contributed by atoms with Crippen molar-refractivity contribution in [2.24, 2.45) is 5.92 Å². The third-order valence-corrected chi connectivity index (χ3v) is 1.34. The molecule has 0 amide bonds. The summed E-state index contributed by atoms with van der Waals surface area (Å²) in [5.41, 5.74) is 1.37. The van der Waals surface area contributed by atoms with Crippen molar-refractivity contribution in [3.8, 4) is 0 Å². The molecule has 0 aliphatic heterocycles. The van der Waals surface area contributed by atoms with E-state index in [0.717, 1.165) is 6.42 Å². The van der Waals surface area contributed by atoms with E-state index in [0.29, 0.717) is 5.92 Å². The van der Waals surface area contributed by atoms with E-state index in [1.807, 2.05) is 0 Å². The van der Waals surface area contributed by atoms with E-state index in [4.69, 9.17) is 0 Å². The number of hydrogen-bond acceptors (Lipinski definition) is 0. The van der Waals surface area contributed by atoms with Crippen LogP contribution < -0.4 is 0 Å². The molecule has 74 valence electrons. The summed E-state index contributed by atoms with van der Waals surface area (Å²) in [6.45, 7) is 4.38. The molecule has 0 atom stereocenters. The first-order valence-electron chi connectivity index (χ1n) is 3.08. The Morgan fingerprint density at radius 3 is 1.92 bits per heavy atom. The van der Waals surface area contributed by atoms with Gasteiger partial charge in [-0.15, -0.1) is 6.42 Å². The fourth-order valence-corrected chi connectivity index (χ4v) is 0.818. The van der Waals surface area contributed by atoms with Crippen molar-refractivity contribution in [3.63, 3.8) is 0 Å². The Kier molecular flexibility index (Phi) is 21.2. The molecule has 0 unspecified atom stereocenters. The predicted octanol–water partition coefficient (Wildman–Crippen LogP) is 3.68. The zero-order chi connectivity index (χ0) is 5.98. The van der Waals surface area contributed by atoms with Gasteiger partial charge in [0.05, 0.1) is 0 Å². The first kappa shape index (κ1) is 22.7. The summed E-state index contributed by atoms with van der Waals surface area (Å²) in [7, 11) is 0. The Morgan fingerprint density at radius 1 is 1.25 bits per heavy atom. The summed E-state index contributed by atoms with van der Waals surface area (Å²) in [6, 6.07) is 0. The first-order chi connectivity index (χ1) is 3.80. The second-order valence-corrected chi connectivity index (χ2v) is 2.39. The Labute approximate surface area is 93.4 Å². The molecule has 0 saturated heterocycles. The van der Waals surface area contributed by atoms with Crippen LogP contribution in [-0.4, -0.2) is 0 Å². The van der Waals surface area contributed by atoms with Crippen LogP contribution in [0.15, 0.2) is 17.7 Å². The minimum Gasteiger partial charge on any atom is -0.358 e. The van der Waals surface area contributed by atoms with E-state index in [1.165, 1.54) is 5.57 Å². The molecule has 0 nitrogen and oxygen atoms in total. The minimum atomic E-state index is 0. The van der Waals surface area contributed by atoms with Gasteiger partial charge in [0, 0.05) is 0 Å². The summed E-state index contributed by atoms with van der Waals surface area (Å²) in [6.07, 6.45) is 8.59. The normalized spacial score (nSPS) is 11.8. The molecule has 1 aliphatic carbocycles. The van der Waals surface area contributed by atoms with Gasteiger partial charge in [-0.1, -0.05) is 19.8 Å². The largest absolute Gasteiger partial charge is 4.00 e. The standard InChI is InChI=1S/C8H11.3CH3.Pt/c1-7(2)8-5-3-4-6-8;;;;/h3,5,7H,4H2,1-2H3;3*1H3;/q4*-1;+4. The summed E-state index contributed by atoms with van der Waals surface area (Å²) in [4.78, 5) is 0. The van der Waals surface area contributed by atoms with Gasteiger partial charge in [-0.3, -0.25) is 6.08 Å². The molecule has 0 fully saturated rings. The van der Waals surface area contributed by atoms with Crippen LogP contribution in [0, 0.1) is 34.3 Å². The Morgan fingerprint density at radius 2 is 1.75 bits per heavy atom. The maximum atomic E-state index is 3.26. The molecular formula is C11H20Pt. The van der Waals surface area contributed by atoms with Gasteiger partial charge in [-0.2, -0.15) is 6.08 Å². The second-order valence-electron chi connectivity index (χ2n) is 2.39. The van der Waals surface area contributed by atoms with Gasteiger partial charge >= 0.3 is 21.1 Å². The number of allylic oxidation sites excluding steroid dienone is 4. The van der Waals surface area contributed by atoms with Gasteiger partial charge in [0.2, 0.25) is 0 Å². The van der Waals surface area contributed by atoms with Crippen molar-refractivity contribution in [1.82, 2.24) is 0 Å². The van der Waals surface area contributed by atoms with Crippen LogP contribution in [0.2, 0.25) is 0 Å². The fraction of sp³-hybridized carbons (Fsp3) is 0.364. The molecule has 0 aromatic carbocycles. The van der Waals surface area contributed by atoms with Gasteiger partial charge in [0.25, 0.3) is 0 Å². The minimum absolute atomic E-state index is 0. The molecule has 0 heterocycles. The molecule has 0 saturated carbocycles. The molecule has 12 heavy (non-hydrogen) atoms. The van der Waals surface area contributed by atoms with E-state index in [9.17, 15) is 0 Å². The molecule has 0 spiro atoms. The second kappa shape index (κ2) is 11.2. The van der Waals surface area contributed by atoms with Crippen LogP contribution in [0.5, 0.6) is 0 Å². The Hall–Kier alpha value is 0.168. The monoisotopic (exact) mass is 347 g/mol. The van der Waals surface area contributed by atoms with Gasteiger partial charge in [0.15, 0.2) is 0 Å². The van der Waals surface area contributed by atoms with E-state index in [2.05, 4.69) is 32.1 Å². The third kappa shape index (κ3) is 6.85. The van der Waals surface area contributed by atoms with Crippen LogP contribution in [0.3, 0.4) is 0 Å². The van der Waals surface area contributed by atoms with Crippen molar-refractivity contribution in [2.45, 2.75) is 20.3 Å². The maximum absolute atomic E-state index is 3.26. The van der Waals surface area contributed by atoms with Crippen LogP contribution in [0.25, 0.3) is 0 Å². The molecule has 0 aromatic rings. The van der Waals surface area contributed by atoms with Gasteiger partial charge in [-0.25, -0.2) is 11.6 Å². The maximum Gasteiger partial charge on any atom is 4.00 e. The van der Waals surface area contributed by atoms with Gasteiger partial charge in [0.1, 0.15) is 0 Å². The average molecular weight is 347 g/mol. The van der Waals surface area contributed by atoms with Crippen LogP contribution in [-0.2, 0) is 21.1 Å². The van der Waals surface area contributed by atoms with Crippen molar-refractivity contribution in [2.75, 3.05) is 0 Å². The molecule has 0 N–H and O–H groups in total.